The topological polar surface area (TPSA) is 156 Å². The summed E-state index contributed by atoms with van der Waals surface area (Å²) in [5.41, 5.74) is 2.72. The van der Waals surface area contributed by atoms with Crippen LogP contribution in [0.1, 0.15) is 194 Å². The van der Waals surface area contributed by atoms with Gasteiger partial charge in [0, 0.05) is 19.4 Å². The number of phosphoric acid groups is 1. The number of carbonyl (C=O) groups excluding carboxylic acids is 2. The van der Waals surface area contributed by atoms with E-state index in [-0.39, 0.29) is 26.0 Å². The van der Waals surface area contributed by atoms with E-state index in [0.29, 0.717) is 12.8 Å². The zero-order valence-electron chi connectivity index (χ0n) is 32.7. The molecule has 0 aliphatic heterocycles. The molecule has 10 heteroatoms. The number of unbranched alkanes of at least 4 members (excludes halogenated alkanes) is 22. The summed E-state index contributed by atoms with van der Waals surface area (Å²) in [6.07, 6.45) is 34.9. The van der Waals surface area contributed by atoms with Gasteiger partial charge >= 0.3 is 7.82 Å². The molecule has 0 saturated heterocycles. The fourth-order valence-electron chi connectivity index (χ4n) is 6.28. The van der Waals surface area contributed by atoms with Crippen LogP contribution in [0.3, 0.4) is 0 Å². The Balaban J connectivity index is 4.81. The Morgan fingerprint density at radius 1 is 0.627 bits per heavy atom. The molecular formula is C41H78NO8P. The summed E-state index contributed by atoms with van der Waals surface area (Å²) < 4.78 is 22.9. The SMILES string of the molecule is CCCCCCCCC=CCCCCCCCC(=O)C(OP(=O)(O)OCCN)(C(=O)CCCCCCCC=CCCCCCCCC)[C@@H](O)CO. The molecule has 0 fully saturated rings. The molecule has 0 radical (unpaired) electrons. The lowest BCUT2D eigenvalue weighted by Crippen LogP contribution is -2.58. The van der Waals surface area contributed by atoms with Gasteiger partial charge in [0.15, 0.2) is 11.6 Å². The summed E-state index contributed by atoms with van der Waals surface area (Å²) in [5, 5.41) is 20.7. The summed E-state index contributed by atoms with van der Waals surface area (Å²) in [6.45, 7) is 3.04. The van der Waals surface area contributed by atoms with Crippen molar-refractivity contribution in [3.63, 3.8) is 0 Å². The van der Waals surface area contributed by atoms with Crippen molar-refractivity contribution in [2.75, 3.05) is 19.8 Å². The Morgan fingerprint density at radius 3 is 1.29 bits per heavy atom. The molecule has 0 spiro atoms. The number of aliphatic hydroxyl groups excluding tert-OH is 2. The summed E-state index contributed by atoms with van der Waals surface area (Å²) in [4.78, 5) is 37.6. The molecule has 300 valence electrons. The fraction of sp³-hybridized carbons (Fsp3) is 0.854. The second-order valence-electron chi connectivity index (χ2n) is 14.1. The van der Waals surface area contributed by atoms with Crippen LogP contribution in [-0.4, -0.2) is 58.1 Å². The highest BCUT2D eigenvalue weighted by Crippen LogP contribution is 2.49. The standard InChI is InChI=1S/C41H78NO8P/c1-3-5-7-9-11-13-15-17-19-21-23-25-27-29-31-33-38(44)41(40(46)37-43,50-51(47,48)49-36-35-42)39(45)34-32-30-28-26-24-22-20-18-16-14-12-10-8-6-4-2/h17-20,40,43,46H,3-16,21-37,42H2,1-2H3,(H,47,48)/t40-,41?/m0/s1. The van der Waals surface area contributed by atoms with Crippen LogP contribution >= 0.6 is 7.82 Å². The zero-order valence-corrected chi connectivity index (χ0v) is 33.6. The van der Waals surface area contributed by atoms with Gasteiger partial charge in [-0.05, 0) is 64.2 Å². The van der Waals surface area contributed by atoms with Gasteiger partial charge in [0.25, 0.3) is 0 Å². The number of ketones is 2. The molecule has 9 nitrogen and oxygen atoms in total. The van der Waals surface area contributed by atoms with Crippen molar-refractivity contribution in [3.05, 3.63) is 24.3 Å². The van der Waals surface area contributed by atoms with Gasteiger partial charge < -0.3 is 20.8 Å². The molecule has 1 unspecified atom stereocenters. The zero-order chi connectivity index (χ0) is 37.9. The molecule has 0 aromatic heterocycles. The summed E-state index contributed by atoms with van der Waals surface area (Å²) >= 11 is 0. The maximum absolute atomic E-state index is 13.6. The van der Waals surface area contributed by atoms with Crippen LogP contribution in [0, 0.1) is 0 Å². The first-order valence-corrected chi connectivity index (χ1v) is 22.2. The smallest absolute Gasteiger partial charge is 0.394 e. The van der Waals surface area contributed by atoms with E-state index in [1.807, 2.05) is 0 Å². The molecule has 2 atom stereocenters. The quantitative estimate of drug-likeness (QED) is 0.0208. The number of carbonyl (C=O) groups is 2. The third-order valence-corrected chi connectivity index (χ3v) is 10.5. The van der Waals surface area contributed by atoms with Crippen LogP contribution in [0.5, 0.6) is 0 Å². The predicted molar refractivity (Wildman–Crippen MR) is 211 cm³/mol. The number of nitrogens with two attached hydrogens (primary N) is 1. The third-order valence-electron chi connectivity index (χ3n) is 9.43. The predicted octanol–water partition coefficient (Wildman–Crippen LogP) is 10.4. The third kappa shape index (κ3) is 26.3. The van der Waals surface area contributed by atoms with E-state index >= 15 is 0 Å². The lowest BCUT2D eigenvalue weighted by molar-refractivity contribution is -0.164. The number of hydrogen-bond donors (Lipinski definition) is 4. The number of Topliss-reactive ketones (excluding diaryl/α,β-unsaturated/α-hetero) is 2. The average Bonchev–Trinajstić information content (AvgIpc) is 3.12. The molecule has 5 N–H and O–H groups in total. The van der Waals surface area contributed by atoms with Crippen LogP contribution in [-0.2, 0) is 23.2 Å². The lowest BCUT2D eigenvalue weighted by atomic mass is 9.82. The largest absolute Gasteiger partial charge is 0.473 e. The van der Waals surface area contributed by atoms with Crippen LogP contribution in [0.15, 0.2) is 24.3 Å². The lowest BCUT2D eigenvalue weighted by Gasteiger charge is -2.35. The van der Waals surface area contributed by atoms with Gasteiger partial charge in [0.1, 0.15) is 6.10 Å². The number of rotatable bonds is 39. The van der Waals surface area contributed by atoms with Crippen molar-refractivity contribution in [3.8, 4) is 0 Å². The van der Waals surface area contributed by atoms with Crippen molar-refractivity contribution >= 4 is 19.4 Å². The Hall–Kier alpha value is -1.19. The Morgan fingerprint density at radius 2 is 0.961 bits per heavy atom. The van der Waals surface area contributed by atoms with Crippen molar-refractivity contribution in [2.24, 2.45) is 5.73 Å². The highest BCUT2D eigenvalue weighted by Gasteiger charge is 2.55. The second-order valence-corrected chi connectivity index (χ2v) is 15.5. The summed E-state index contributed by atoms with van der Waals surface area (Å²) in [7, 11) is -4.96. The number of allylic oxidation sites excluding steroid dienone is 4. The first-order chi connectivity index (χ1) is 24.7. The minimum Gasteiger partial charge on any atom is -0.394 e. The molecule has 0 aromatic rings. The van der Waals surface area contributed by atoms with Crippen molar-refractivity contribution in [2.45, 2.75) is 205 Å². The van der Waals surface area contributed by atoms with E-state index in [1.165, 1.54) is 77.0 Å². The Labute approximate surface area is 312 Å². The number of hydrogen-bond acceptors (Lipinski definition) is 8. The molecule has 0 heterocycles. The molecule has 51 heavy (non-hydrogen) atoms. The van der Waals surface area contributed by atoms with Gasteiger partial charge in [-0.1, -0.05) is 141 Å². The minimum atomic E-state index is -4.96. The second kappa shape index (κ2) is 34.6. The van der Waals surface area contributed by atoms with Gasteiger partial charge in [0.2, 0.25) is 5.60 Å². The Bertz CT molecular complexity index is 889. The molecule has 0 aliphatic rings. The maximum Gasteiger partial charge on any atom is 0.473 e. The van der Waals surface area contributed by atoms with E-state index in [2.05, 4.69) is 38.2 Å². The fourth-order valence-corrected chi connectivity index (χ4v) is 7.36. The molecule has 0 bridgehead atoms. The van der Waals surface area contributed by atoms with E-state index in [4.69, 9.17) is 14.8 Å². The van der Waals surface area contributed by atoms with Gasteiger partial charge in [0.05, 0.1) is 13.2 Å². The van der Waals surface area contributed by atoms with Crippen LogP contribution < -0.4 is 5.73 Å². The number of aliphatic hydroxyl groups is 2. The number of phosphoric ester groups is 1. The minimum absolute atomic E-state index is 0.0881. The Kier molecular flexibility index (Phi) is 33.8. The van der Waals surface area contributed by atoms with E-state index in [9.17, 15) is 29.3 Å². The van der Waals surface area contributed by atoms with Crippen LogP contribution in [0.2, 0.25) is 0 Å². The summed E-state index contributed by atoms with van der Waals surface area (Å²) in [5.74, 6) is -1.63. The first-order valence-electron chi connectivity index (χ1n) is 20.7. The van der Waals surface area contributed by atoms with E-state index in [1.54, 1.807) is 0 Å². The molecule has 0 amide bonds. The monoisotopic (exact) mass is 744 g/mol. The highest BCUT2D eigenvalue weighted by molar-refractivity contribution is 7.47. The van der Waals surface area contributed by atoms with Crippen LogP contribution in [0.25, 0.3) is 0 Å². The first kappa shape index (κ1) is 49.8. The van der Waals surface area contributed by atoms with E-state index in [0.717, 1.165) is 77.0 Å². The summed E-state index contributed by atoms with van der Waals surface area (Å²) in [6, 6.07) is 0. The molecule has 0 rings (SSSR count). The molecular weight excluding hydrogens is 665 g/mol. The van der Waals surface area contributed by atoms with Crippen LogP contribution in [0.4, 0.5) is 0 Å². The van der Waals surface area contributed by atoms with Crippen molar-refractivity contribution in [1.82, 2.24) is 0 Å². The highest BCUT2D eigenvalue weighted by atomic mass is 31.2. The molecule has 0 saturated carbocycles. The molecule has 0 aromatic carbocycles. The van der Waals surface area contributed by atoms with Gasteiger partial charge in [-0.25, -0.2) is 4.57 Å². The van der Waals surface area contributed by atoms with E-state index < -0.39 is 37.7 Å². The van der Waals surface area contributed by atoms with Gasteiger partial charge in [-0.3, -0.25) is 18.6 Å². The normalized spacial score (nSPS) is 15.0. The maximum atomic E-state index is 13.6. The molecule has 0 aliphatic carbocycles. The average molecular weight is 744 g/mol. The van der Waals surface area contributed by atoms with Crippen molar-refractivity contribution < 1.29 is 38.3 Å². The van der Waals surface area contributed by atoms with Gasteiger partial charge in [-0.2, -0.15) is 0 Å². The van der Waals surface area contributed by atoms with Gasteiger partial charge in [-0.15, -0.1) is 0 Å². The van der Waals surface area contributed by atoms with Crippen molar-refractivity contribution in [1.29, 1.82) is 0 Å².